The van der Waals surface area contributed by atoms with Crippen LogP contribution in [0.2, 0.25) is 0 Å². The summed E-state index contributed by atoms with van der Waals surface area (Å²) in [5.74, 6) is 0.507. The summed E-state index contributed by atoms with van der Waals surface area (Å²) in [5.41, 5.74) is 5.34. The molecule has 1 aliphatic carbocycles. The van der Waals surface area contributed by atoms with Crippen LogP contribution in [0.4, 0.5) is 10.2 Å². The van der Waals surface area contributed by atoms with Gasteiger partial charge >= 0.3 is 0 Å². The van der Waals surface area contributed by atoms with Crippen LogP contribution in [0.1, 0.15) is 42.8 Å². The van der Waals surface area contributed by atoms with Gasteiger partial charge in [-0.25, -0.2) is 14.4 Å². The number of benzene rings is 2. The quantitative estimate of drug-likeness (QED) is 0.671. The van der Waals surface area contributed by atoms with E-state index in [1.807, 2.05) is 44.2 Å². The highest BCUT2D eigenvalue weighted by molar-refractivity contribution is 5.90. The molecule has 3 aromatic rings. The monoisotopic (exact) mass is 389 g/mol. The Kier molecular flexibility index (Phi) is 5.38. The van der Waals surface area contributed by atoms with Crippen molar-refractivity contribution in [1.29, 1.82) is 0 Å². The van der Waals surface area contributed by atoms with Crippen LogP contribution in [0, 0.1) is 11.7 Å². The first-order chi connectivity index (χ1) is 14.0. The molecule has 1 aliphatic rings. The summed E-state index contributed by atoms with van der Waals surface area (Å²) < 4.78 is 13.7. The molecule has 0 saturated carbocycles. The van der Waals surface area contributed by atoms with Gasteiger partial charge in [-0.3, -0.25) is 4.79 Å². The lowest BCUT2D eigenvalue weighted by atomic mass is 9.91. The molecule has 0 aliphatic heterocycles. The number of carbonyl (C=O) groups is 1. The van der Waals surface area contributed by atoms with Gasteiger partial charge in [0.2, 0.25) is 5.91 Å². The Labute approximate surface area is 170 Å². The van der Waals surface area contributed by atoms with E-state index in [-0.39, 0.29) is 17.6 Å². The largest absolute Gasteiger partial charge is 0.309 e. The zero-order valence-corrected chi connectivity index (χ0v) is 16.7. The number of anilines is 1. The first-order valence-electron chi connectivity index (χ1n) is 10.0. The minimum absolute atomic E-state index is 0.0538. The Bertz CT molecular complexity index is 1050. The lowest BCUT2D eigenvalue weighted by Gasteiger charge is -2.21. The van der Waals surface area contributed by atoms with Gasteiger partial charge < -0.3 is 5.32 Å². The normalized spacial score (nSPS) is 12.4. The second-order valence-corrected chi connectivity index (χ2v) is 7.92. The van der Waals surface area contributed by atoms with Crippen LogP contribution in [-0.4, -0.2) is 15.9 Å². The molecule has 29 heavy (non-hydrogen) atoms. The molecule has 1 N–H and O–H groups in total. The fraction of sp³-hybridized carbons (Fsp3) is 0.292. The van der Waals surface area contributed by atoms with E-state index in [2.05, 4.69) is 5.32 Å². The smallest absolute Gasteiger partial charge is 0.225 e. The van der Waals surface area contributed by atoms with E-state index in [0.29, 0.717) is 31.5 Å². The number of hydrogen-bond acceptors (Lipinski definition) is 3. The predicted molar refractivity (Wildman–Crippen MR) is 112 cm³/mol. The molecule has 148 valence electrons. The SMILES string of the molecule is CC(C)CC(=O)Nc1nc2c(nc1Cc1ccccc1)-c1ccc(F)cc1CC2. The Morgan fingerprint density at radius 2 is 1.90 bits per heavy atom. The van der Waals surface area contributed by atoms with Crippen molar-refractivity contribution in [2.45, 2.75) is 39.5 Å². The van der Waals surface area contributed by atoms with Gasteiger partial charge in [-0.05, 0) is 48.1 Å². The zero-order valence-electron chi connectivity index (χ0n) is 16.7. The number of amides is 1. The first kappa shape index (κ1) is 19.2. The van der Waals surface area contributed by atoms with E-state index in [1.165, 1.54) is 6.07 Å². The Balaban J connectivity index is 1.76. The minimum Gasteiger partial charge on any atom is -0.309 e. The number of nitrogens with one attached hydrogen (secondary N) is 1. The third-order valence-electron chi connectivity index (χ3n) is 5.06. The van der Waals surface area contributed by atoms with E-state index in [1.54, 1.807) is 12.1 Å². The maximum Gasteiger partial charge on any atom is 0.225 e. The maximum absolute atomic E-state index is 13.7. The summed E-state index contributed by atoms with van der Waals surface area (Å²) in [6.07, 6.45) is 2.39. The number of carbonyl (C=O) groups excluding carboxylic acids is 1. The van der Waals surface area contributed by atoms with E-state index >= 15 is 0 Å². The van der Waals surface area contributed by atoms with Crippen molar-refractivity contribution in [3.63, 3.8) is 0 Å². The summed E-state index contributed by atoms with van der Waals surface area (Å²) >= 11 is 0. The molecule has 0 radical (unpaired) electrons. The van der Waals surface area contributed by atoms with Crippen LogP contribution >= 0.6 is 0 Å². The van der Waals surface area contributed by atoms with Gasteiger partial charge in [0.25, 0.3) is 0 Å². The van der Waals surface area contributed by atoms with Crippen molar-refractivity contribution in [2.24, 2.45) is 5.92 Å². The minimum atomic E-state index is -0.234. The third-order valence-corrected chi connectivity index (χ3v) is 5.06. The summed E-state index contributed by atoms with van der Waals surface area (Å²) in [5, 5.41) is 2.97. The highest BCUT2D eigenvalue weighted by atomic mass is 19.1. The molecule has 1 heterocycles. The number of halogens is 1. The molecule has 2 aromatic carbocycles. The average molecular weight is 389 g/mol. The summed E-state index contributed by atoms with van der Waals surface area (Å²) in [4.78, 5) is 22.1. The highest BCUT2D eigenvalue weighted by Gasteiger charge is 2.23. The number of fused-ring (bicyclic) bond motifs is 3. The van der Waals surface area contributed by atoms with Crippen LogP contribution in [-0.2, 0) is 24.1 Å². The third kappa shape index (κ3) is 4.34. The Morgan fingerprint density at radius 3 is 2.66 bits per heavy atom. The molecule has 0 fully saturated rings. The molecular weight excluding hydrogens is 365 g/mol. The van der Waals surface area contributed by atoms with E-state index < -0.39 is 0 Å². The van der Waals surface area contributed by atoms with Gasteiger partial charge in [-0.15, -0.1) is 0 Å². The summed E-state index contributed by atoms with van der Waals surface area (Å²) in [6, 6.07) is 14.8. The van der Waals surface area contributed by atoms with Crippen molar-refractivity contribution < 1.29 is 9.18 Å². The molecule has 0 bridgehead atoms. The van der Waals surface area contributed by atoms with Gasteiger partial charge in [0, 0.05) is 18.4 Å². The number of rotatable bonds is 5. The number of aryl methyl sites for hydroxylation is 2. The van der Waals surface area contributed by atoms with Crippen molar-refractivity contribution in [3.8, 4) is 11.3 Å². The molecule has 0 spiro atoms. The van der Waals surface area contributed by atoms with Crippen LogP contribution in [0.25, 0.3) is 11.3 Å². The summed E-state index contributed by atoms with van der Waals surface area (Å²) in [7, 11) is 0. The number of aromatic nitrogens is 2. The standard InChI is InChI=1S/C24H24FN3O/c1-15(2)12-22(29)28-24-21(13-16-6-4-3-5-7-16)26-23-19-10-9-18(25)14-17(19)8-11-20(23)27-24/h3-7,9-10,14-15H,8,11-13H2,1-2H3,(H,27,28,29). The van der Waals surface area contributed by atoms with Crippen LogP contribution in [0.5, 0.6) is 0 Å². The highest BCUT2D eigenvalue weighted by Crippen LogP contribution is 2.33. The van der Waals surface area contributed by atoms with Crippen LogP contribution in [0.15, 0.2) is 48.5 Å². The average Bonchev–Trinajstić information content (AvgIpc) is 2.68. The first-order valence-corrected chi connectivity index (χ1v) is 10.0. The van der Waals surface area contributed by atoms with Gasteiger partial charge in [-0.2, -0.15) is 0 Å². The Morgan fingerprint density at radius 1 is 1.10 bits per heavy atom. The molecule has 4 rings (SSSR count). The van der Waals surface area contributed by atoms with E-state index in [9.17, 15) is 9.18 Å². The van der Waals surface area contributed by atoms with Crippen molar-refractivity contribution in [2.75, 3.05) is 5.32 Å². The topological polar surface area (TPSA) is 54.9 Å². The fourth-order valence-electron chi connectivity index (χ4n) is 3.71. The summed E-state index contributed by atoms with van der Waals surface area (Å²) in [6.45, 7) is 4.03. The lowest BCUT2D eigenvalue weighted by molar-refractivity contribution is -0.116. The molecule has 1 aromatic heterocycles. The predicted octanol–water partition coefficient (Wildman–Crippen LogP) is 4.96. The van der Waals surface area contributed by atoms with Crippen molar-refractivity contribution in [3.05, 3.63) is 76.9 Å². The second-order valence-electron chi connectivity index (χ2n) is 7.92. The Hall–Kier alpha value is -3.08. The van der Waals surface area contributed by atoms with Crippen molar-refractivity contribution in [1.82, 2.24) is 9.97 Å². The number of nitrogens with zero attached hydrogens (tertiary/aromatic N) is 2. The lowest BCUT2D eigenvalue weighted by Crippen LogP contribution is -2.19. The second kappa shape index (κ2) is 8.11. The van der Waals surface area contributed by atoms with Gasteiger partial charge in [0.05, 0.1) is 17.1 Å². The fourth-order valence-corrected chi connectivity index (χ4v) is 3.71. The zero-order chi connectivity index (χ0) is 20.4. The van der Waals surface area contributed by atoms with Crippen LogP contribution < -0.4 is 5.32 Å². The molecule has 4 nitrogen and oxygen atoms in total. The molecular formula is C24H24FN3O. The van der Waals surface area contributed by atoms with Crippen molar-refractivity contribution >= 4 is 11.7 Å². The molecule has 0 atom stereocenters. The molecule has 0 unspecified atom stereocenters. The maximum atomic E-state index is 13.7. The number of hydrogen-bond donors (Lipinski definition) is 1. The van der Waals surface area contributed by atoms with Gasteiger partial charge in [0.1, 0.15) is 5.82 Å². The van der Waals surface area contributed by atoms with Gasteiger partial charge in [0.15, 0.2) is 5.82 Å². The molecule has 0 saturated heterocycles. The molecule has 5 heteroatoms. The van der Waals surface area contributed by atoms with E-state index in [0.717, 1.165) is 33.8 Å². The van der Waals surface area contributed by atoms with E-state index in [4.69, 9.17) is 9.97 Å². The molecule has 1 amide bonds. The van der Waals surface area contributed by atoms with Crippen LogP contribution in [0.3, 0.4) is 0 Å². The van der Waals surface area contributed by atoms with Gasteiger partial charge in [-0.1, -0.05) is 44.2 Å².